The molecule has 2 aromatic rings. The largest absolute Gasteiger partial charge is 0.404 e. The third-order valence-electron chi connectivity index (χ3n) is 1.44. The Balaban J connectivity index is 2.87. The third-order valence-corrected chi connectivity index (χ3v) is 1.65. The molecule has 3 nitrogen and oxygen atoms in total. The van der Waals surface area contributed by atoms with Crippen LogP contribution in [0.5, 0.6) is 0 Å². The molecule has 2 aromatic heterocycles. The lowest BCUT2D eigenvalue weighted by molar-refractivity contribution is 0.549. The molecule has 0 aliphatic heterocycles. The molecule has 0 amide bonds. The van der Waals surface area contributed by atoms with Crippen LogP contribution in [0, 0.1) is 0 Å². The number of aromatic nitrogens is 1. The summed E-state index contributed by atoms with van der Waals surface area (Å²) in [6.45, 7) is 0. The van der Waals surface area contributed by atoms with Gasteiger partial charge in [0.25, 0.3) is 0 Å². The van der Waals surface area contributed by atoms with Gasteiger partial charge < -0.3 is 4.42 Å². The van der Waals surface area contributed by atoms with Crippen molar-refractivity contribution in [1.82, 2.24) is 4.98 Å². The van der Waals surface area contributed by atoms with Gasteiger partial charge in [-0.05, 0) is 12.1 Å². The highest BCUT2D eigenvalue weighted by Crippen LogP contribution is 2.13. The summed E-state index contributed by atoms with van der Waals surface area (Å²) in [4.78, 5) is 14.6. The van der Waals surface area contributed by atoms with Crippen molar-refractivity contribution in [2.75, 3.05) is 0 Å². The average Bonchev–Trinajstić information content (AvgIpc) is 2.05. The summed E-state index contributed by atoms with van der Waals surface area (Å²) in [7, 11) is 0. The standard InChI is InChI=1S/C8H4ClNO2/c9-6-3-5-1-2-7(11)12-8(5)10-4-6/h1-4H. The van der Waals surface area contributed by atoms with Crippen molar-refractivity contribution in [3.05, 3.63) is 39.8 Å². The van der Waals surface area contributed by atoms with Gasteiger partial charge in [0, 0.05) is 17.6 Å². The van der Waals surface area contributed by atoms with Crippen LogP contribution >= 0.6 is 11.6 Å². The Morgan fingerprint density at radius 1 is 1.42 bits per heavy atom. The topological polar surface area (TPSA) is 43.1 Å². The smallest absolute Gasteiger partial charge is 0.337 e. The van der Waals surface area contributed by atoms with Gasteiger partial charge >= 0.3 is 5.63 Å². The predicted molar refractivity (Wildman–Crippen MR) is 45.3 cm³/mol. The zero-order valence-electron chi connectivity index (χ0n) is 5.95. The highest BCUT2D eigenvalue weighted by Gasteiger charge is 1.97. The molecular weight excluding hydrogens is 178 g/mol. The van der Waals surface area contributed by atoms with Crippen molar-refractivity contribution in [3.63, 3.8) is 0 Å². The van der Waals surface area contributed by atoms with Crippen molar-refractivity contribution < 1.29 is 4.42 Å². The van der Waals surface area contributed by atoms with Crippen LogP contribution in [-0.2, 0) is 0 Å². The van der Waals surface area contributed by atoms with Crippen molar-refractivity contribution in [2.24, 2.45) is 0 Å². The van der Waals surface area contributed by atoms with Gasteiger partial charge in [0.1, 0.15) is 0 Å². The summed E-state index contributed by atoms with van der Waals surface area (Å²) in [5.74, 6) is 0. The molecule has 0 saturated carbocycles. The lowest BCUT2D eigenvalue weighted by atomic mass is 10.3. The number of rotatable bonds is 0. The number of pyridine rings is 1. The lowest BCUT2D eigenvalue weighted by Gasteiger charge is -1.93. The first-order valence-corrected chi connectivity index (χ1v) is 3.69. The molecule has 0 N–H and O–H groups in total. The van der Waals surface area contributed by atoms with Gasteiger partial charge in [-0.25, -0.2) is 9.78 Å². The molecule has 0 fully saturated rings. The van der Waals surface area contributed by atoms with Gasteiger partial charge in [-0.15, -0.1) is 0 Å². The fraction of sp³-hybridized carbons (Fsp3) is 0. The fourth-order valence-corrected chi connectivity index (χ4v) is 1.10. The zero-order valence-corrected chi connectivity index (χ0v) is 6.71. The van der Waals surface area contributed by atoms with Gasteiger partial charge in [-0.1, -0.05) is 11.6 Å². The van der Waals surface area contributed by atoms with Crippen molar-refractivity contribution in [1.29, 1.82) is 0 Å². The molecule has 0 aliphatic carbocycles. The van der Waals surface area contributed by atoms with Gasteiger partial charge in [-0.3, -0.25) is 0 Å². The van der Waals surface area contributed by atoms with Crippen LogP contribution in [0.1, 0.15) is 0 Å². The van der Waals surface area contributed by atoms with Crippen LogP contribution in [0.15, 0.2) is 33.6 Å². The highest BCUT2D eigenvalue weighted by molar-refractivity contribution is 6.31. The predicted octanol–water partition coefficient (Wildman–Crippen LogP) is 1.84. The maximum atomic E-state index is 10.7. The summed E-state index contributed by atoms with van der Waals surface area (Å²) < 4.78 is 4.79. The van der Waals surface area contributed by atoms with Crippen molar-refractivity contribution >= 4 is 22.7 Å². The second-order valence-electron chi connectivity index (χ2n) is 2.30. The minimum Gasteiger partial charge on any atom is -0.404 e. The summed E-state index contributed by atoms with van der Waals surface area (Å²) in [5.41, 5.74) is -0.0933. The van der Waals surface area contributed by atoms with E-state index >= 15 is 0 Å². The van der Waals surface area contributed by atoms with Crippen LogP contribution in [-0.4, -0.2) is 4.98 Å². The van der Waals surface area contributed by atoms with E-state index in [-0.39, 0.29) is 0 Å². The second-order valence-corrected chi connectivity index (χ2v) is 2.74. The SMILES string of the molecule is O=c1ccc2cc(Cl)cnc2o1. The number of nitrogens with zero attached hydrogens (tertiary/aromatic N) is 1. The van der Waals surface area contributed by atoms with Crippen LogP contribution in [0.2, 0.25) is 5.02 Å². The van der Waals surface area contributed by atoms with Crippen molar-refractivity contribution in [2.45, 2.75) is 0 Å². The molecule has 0 unspecified atom stereocenters. The second kappa shape index (κ2) is 2.60. The molecule has 0 bridgehead atoms. The number of hydrogen-bond acceptors (Lipinski definition) is 3. The Hall–Kier alpha value is -1.35. The van der Waals surface area contributed by atoms with Gasteiger partial charge in [0.05, 0.1) is 5.02 Å². The van der Waals surface area contributed by atoms with E-state index in [4.69, 9.17) is 16.0 Å². The third kappa shape index (κ3) is 1.19. The molecule has 0 spiro atoms. The minimum atomic E-state index is -0.405. The van der Waals surface area contributed by atoms with E-state index in [1.54, 1.807) is 12.1 Å². The Bertz CT molecular complexity index is 478. The first-order valence-electron chi connectivity index (χ1n) is 3.31. The summed E-state index contributed by atoms with van der Waals surface area (Å²) in [6, 6.07) is 4.65. The highest BCUT2D eigenvalue weighted by atomic mass is 35.5. The lowest BCUT2D eigenvalue weighted by Crippen LogP contribution is -1.95. The molecule has 12 heavy (non-hydrogen) atoms. The molecule has 4 heteroatoms. The number of fused-ring (bicyclic) bond motifs is 1. The molecule has 0 aromatic carbocycles. The van der Waals surface area contributed by atoms with Crippen LogP contribution < -0.4 is 5.63 Å². The molecule has 0 aliphatic rings. The molecule has 60 valence electrons. The van der Waals surface area contributed by atoms with E-state index in [1.165, 1.54) is 12.3 Å². The Kier molecular flexibility index (Phi) is 1.59. The first-order chi connectivity index (χ1) is 5.75. The van der Waals surface area contributed by atoms with Gasteiger partial charge in [0.2, 0.25) is 5.71 Å². The average molecular weight is 182 g/mol. The normalized spacial score (nSPS) is 10.4. The number of hydrogen-bond donors (Lipinski definition) is 0. The quantitative estimate of drug-likeness (QED) is 0.623. The van der Waals surface area contributed by atoms with E-state index in [0.717, 1.165) is 5.39 Å². The first kappa shape index (κ1) is 7.31. The Morgan fingerprint density at radius 3 is 3.08 bits per heavy atom. The van der Waals surface area contributed by atoms with Gasteiger partial charge in [0.15, 0.2) is 0 Å². The fourth-order valence-electron chi connectivity index (χ4n) is 0.934. The minimum absolute atomic E-state index is 0.312. The molecule has 2 heterocycles. The molecule has 2 rings (SSSR count). The molecule has 0 radical (unpaired) electrons. The maximum Gasteiger partial charge on any atom is 0.337 e. The van der Waals surface area contributed by atoms with E-state index in [9.17, 15) is 4.79 Å². The van der Waals surface area contributed by atoms with Crippen LogP contribution in [0.25, 0.3) is 11.1 Å². The summed E-state index contributed by atoms with van der Waals surface area (Å²) in [5, 5.41) is 1.25. The van der Waals surface area contributed by atoms with E-state index in [1.807, 2.05) is 0 Å². The van der Waals surface area contributed by atoms with E-state index < -0.39 is 5.63 Å². The van der Waals surface area contributed by atoms with E-state index in [2.05, 4.69) is 4.98 Å². The van der Waals surface area contributed by atoms with Crippen LogP contribution in [0.4, 0.5) is 0 Å². The number of halogens is 1. The summed E-state index contributed by atoms with van der Waals surface area (Å²) in [6.07, 6.45) is 1.44. The Labute approximate surface area is 72.6 Å². The summed E-state index contributed by atoms with van der Waals surface area (Å²) >= 11 is 5.68. The molecule has 0 atom stereocenters. The molecular formula is C8H4ClNO2. The monoisotopic (exact) mass is 181 g/mol. The Morgan fingerprint density at radius 2 is 2.25 bits per heavy atom. The van der Waals surface area contributed by atoms with Crippen LogP contribution in [0.3, 0.4) is 0 Å². The van der Waals surface area contributed by atoms with E-state index in [0.29, 0.717) is 10.7 Å². The van der Waals surface area contributed by atoms with Crippen molar-refractivity contribution in [3.8, 4) is 0 Å². The zero-order chi connectivity index (χ0) is 8.55. The maximum absolute atomic E-state index is 10.7. The van der Waals surface area contributed by atoms with Gasteiger partial charge in [-0.2, -0.15) is 0 Å². The molecule has 0 saturated heterocycles.